The quantitative estimate of drug-likeness (QED) is 0.809. The van der Waals surface area contributed by atoms with Crippen molar-refractivity contribution in [3.8, 4) is 0 Å². The first-order valence-corrected chi connectivity index (χ1v) is 6.18. The van der Waals surface area contributed by atoms with Gasteiger partial charge in [-0.25, -0.2) is 4.98 Å². The Hall–Kier alpha value is -1.13. The minimum absolute atomic E-state index is 0.00463. The smallest absolute Gasteiger partial charge is 0.186 e. The summed E-state index contributed by atoms with van der Waals surface area (Å²) in [5, 5.41) is 3.73. The fourth-order valence-electron chi connectivity index (χ4n) is 2.35. The maximum absolute atomic E-state index is 12.5. The molecule has 92 valence electrons. The van der Waals surface area contributed by atoms with Crippen LogP contribution in [0.1, 0.15) is 36.5 Å². The molecule has 0 spiro atoms. The van der Waals surface area contributed by atoms with Gasteiger partial charge in [0.1, 0.15) is 5.82 Å². The summed E-state index contributed by atoms with van der Waals surface area (Å²) in [6.45, 7) is 2.87. The van der Waals surface area contributed by atoms with Gasteiger partial charge >= 0.3 is 0 Å². The van der Waals surface area contributed by atoms with E-state index in [-0.39, 0.29) is 11.6 Å². The number of nitrogen functional groups attached to an aromatic ring is 1. The third-order valence-corrected chi connectivity index (χ3v) is 3.62. The van der Waals surface area contributed by atoms with E-state index in [2.05, 4.69) is 10.3 Å². The number of nitrogens with two attached hydrogens (primary N) is 1. The van der Waals surface area contributed by atoms with E-state index in [0.29, 0.717) is 10.6 Å². The van der Waals surface area contributed by atoms with E-state index in [4.69, 9.17) is 17.3 Å². The summed E-state index contributed by atoms with van der Waals surface area (Å²) in [7, 11) is 0. The summed E-state index contributed by atoms with van der Waals surface area (Å²) < 4.78 is 0. The number of nitrogens with zero attached hydrogens (tertiary/aromatic N) is 1. The van der Waals surface area contributed by atoms with Crippen LogP contribution in [-0.2, 0) is 0 Å². The molecule has 0 aliphatic carbocycles. The Morgan fingerprint density at radius 1 is 1.71 bits per heavy atom. The molecule has 2 heterocycles. The van der Waals surface area contributed by atoms with Gasteiger partial charge in [-0.05, 0) is 31.9 Å². The van der Waals surface area contributed by atoms with Crippen molar-refractivity contribution in [3.63, 3.8) is 0 Å². The minimum atomic E-state index is -0.486. The second kappa shape index (κ2) is 4.63. The molecule has 0 saturated carbocycles. The van der Waals surface area contributed by atoms with Crippen molar-refractivity contribution in [2.24, 2.45) is 0 Å². The van der Waals surface area contributed by atoms with Crippen LogP contribution in [0.5, 0.6) is 0 Å². The van der Waals surface area contributed by atoms with Crippen molar-refractivity contribution in [1.82, 2.24) is 10.3 Å². The van der Waals surface area contributed by atoms with Crippen LogP contribution >= 0.6 is 11.6 Å². The Bertz CT molecular complexity index is 441. The van der Waals surface area contributed by atoms with Gasteiger partial charge < -0.3 is 11.1 Å². The predicted octanol–water partition coefficient (Wildman–Crippen LogP) is 2.03. The first-order valence-electron chi connectivity index (χ1n) is 5.80. The molecule has 0 bridgehead atoms. The number of hydrogen-bond donors (Lipinski definition) is 2. The highest BCUT2D eigenvalue weighted by atomic mass is 35.5. The topological polar surface area (TPSA) is 68.0 Å². The molecule has 0 amide bonds. The molecular formula is C12H16ClN3O. The molecule has 1 aromatic rings. The number of ketones is 1. The van der Waals surface area contributed by atoms with Crippen molar-refractivity contribution >= 4 is 23.2 Å². The highest BCUT2D eigenvalue weighted by Gasteiger charge is 2.40. The van der Waals surface area contributed by atoms with Crippen molar-refractivity contribution in [3.05, 3.63) is 22.8 Å². The van der Waals surface area contributed by atoms with Crippen LogP contribution in [0.15, 0.2) is 12.3 Å². The van der Waals surface area contributed by atoms with Gasteiger partial charge in [0.25, 0.3) is 0 Å². The van der Waals surface area contributed by atoms with Gasteiger partial charge in [-0.1, -0.05) is 18.5 Å². The Morgan fingerprint density at radius 2 is 2.47 bits per heavy atom. The van der Waals surface area contributed by atoms with Crippen LogP contribution in [-0.4, -0.2) is 22.9 Å². The van der Waals surface area contributed by atoms with E-state index in [1.54, 1.807) is 6.07 Å². The summed E-state index contributed by atoms with van der Waals surface area (Å²) in [4.78, 5) is 16.5. The summed E-state index contributed by atoms with van der Waals surface area (Å²) in [5.41, 5.74) is 5.69. The Balaban J connectivity index is 2.39. The largest absolute Gasteiger partial charge is 0.383 e. The molecule has 1 saturated heterocycles. The van der Waals surface area contributed by atoms with Gasteiger partial charge in [-0.3, -0.25) is 4.79 Å². The number of anilines is 1. The monoisotopic (exact) mass is 253 g/mol. The van der Waals surface area contributed by atoms with E-state index in [9.17, 15) is 4.79 Å². The summed E-state index contributed by atoms with van der Waals surface area (Å²) in [6.07, 6.45) is 4.05. The molecule has 1 aromatic heterocycles. The standard InChI is InChI=1S/C12H16ClN3O/c1-2-12(4-3-5-16-12)10(17)9-6-8(13)7-15-11(9)14/h6-7,16H,2-5H2,1H3,(H2,14,15). The Kier molecular flexibility index (Phi) is 3.35. The number of aromatic nitrogens is 1. The minimum Gasteiger partial charge on any atom is -0.383 e. The summed E-state index contributed by atoms with van der Waals surface area (Å²) in [6, 6.07) is 1.60. The van der Waals surface area contributed by atoms with E-state index >= 15 is 0 Å². The molecule has 1 unspecified atom stereocenters. The molecule has 0 aromatic carbocycles. The third kappa shape index (κ3) is 2.15. The number of hydrogen-bond acceptors (Lipinski definition) is 4. The zero-order valence-electron chi connectivity index (χ0n) is 9.79. The summed E-state index contributed by atoms with van der Waals surface area (Å²) in [5.74, 6) is 0.255. The van der Waals surface area contributed by atoms with E-state index in [1.807, 2.05) is 6.92 Å². The Labute approximate surface area is 106 Å². The van der Waals surface area contributed by atoms with Gasteiger partial charge in [-0.2, -0.15) is 0 Å². The molecule has 3 N–H and O–H groups in total. The van der Waals surface area contributed by atoms with Crippen molar-refractivity contribution < 1.29 is 4.79 Å². The van der Waals surface area contributed by atoms with E-state index in [0.717, 1.165) is 25.8 Å². The van der Waals surface area contributed by atoms with Crippen LogP contribution in [0.25, 0.3) is 0 Å². The van der Waals surface area contributed by atoms with Gasteiger partial charge in [-0.15, -0.1) is 0 Å². The fraction of sp³-hybridized carbons (Fsp3) is 0.500. The number of nitrogens with one attached hydrogen (secondary N) is 1. The lowest BCUT2D eigenvalue weighted by molar-refractivity contribution is 0.0864. The maximum atomic E-state index is 12.5. The van der Waals surface area contributed by atoms with Gasteiger partial charge in [0.2, 0.25) is 0 Å². The molecular weight excluding hydrogens is 238 g/mol. The highest BCUT2D eigenvalue weighted by Crippen LogP contribution is 2.29. The van der Waals surface area contributed by atoms with Gasteiger partial charge in [0.15, 0.2) is 5.78 Å². The van der Waals surface area contributed by atoms with E-state index in [1.165, 1.54) is 6.20 Å². The highest BCUT2D eigenvalue weighted by molar-refractivity contribution is 6.31. The molecule has 5 heteroatoms. The second-order valence-electron chi connectivity index (χ2n) is 4.38. The number of rotatable bonds is 3. The maximum Gasteiger partial charge on any atom is 0.186 e. The zero-order chi connectivity index (χ0) is 12.5. The SMILES string of the molecule is CCC1(C(=O)c2cc(Cl)cnc2N)CCCN1. The fourth-order valence-corrected chi connectivity index (χ4v) is 2.51. The molecule has 4 nitrogen and oxygen atoms in total. The molecule has 1 fully saturated rings. The average Bonchev–Trinajstić information content (AvgIpc) is 2.81. The molecule has 1 aliphatic rings. The van der Waals surface area contributed by atoms with Crippen molar-refractivity contribution in [2.45, 2.75) is 31.7 Å². The van der Waals surface area contributed by atoms with Crippen LogP contribution in [0, 0.1) is 0 Å². The third-order valence-electron chi connectivity index (χ3n) is 3.41. The van der Waals surface area contributed by atoms with Crippen LogP contribution < -0.4 is 11.1 Å². The number of carbonyl (C=O) groups is 1. The predicted molar refractivity (Wildman–Crippen MR) is 68.2 cm³/mol. The van der Waals surface area contributed by atoms with Crippen LogP contribution in [0.4, 0.5) is 5.82 Å². The number of halogens is 1. The van der Waals surface area contributed by atoms with Crippen molar-refractivity contribution in [1.29, 1.82) is 0 Å². The van der Waals surface area contributed by atoms with Crippen LogP contribution in [0.2, 0.25) is 5.02 Å². The lowest BCUT2D eigenvalue weighted by Gasteiger charge is -2.26. The van der Waals surface area contributed by atoms with Crippen molar-refractivity contribution in [2.75, 3.05) is 12.3 Å². The lowest BCUT2D eigenvalue weighted by Crippen LogP contribution is -2.47. The van der Waals surface area contributed by atoms with Gasteiger partial charge in [0, 0.05) is 6.20 Å². The molecule has 17 heavy (non-hydrogen) atoms. The number of carbonyl (C=O) groups excluding carboxylic acids is 1. The van der Waals surface area contributed by atoms with Crippen LogP contribution in [0.3, 0.4) is 0 Å². The normalized spacial score (nSPS) is 23.9. The molecule has 2 rings (SSSR count). The average molecular weight is 254 g/mol. The first-order chi connectivity index (χ1) is 8.09. The summed E-state index contributed by atoms with van der Waals surface area (Å²) >= 11 is 5.87. The van der Waals surface area contributed by atoms with E-state index < -0.39 is 5.54 Å². The van der Waals surface area contributed by atoms with Gasteiger partial charge in [0.05, 0.1) is 16.1 Å². The molecule has 1 atom stereocenters. The Morgan fingerprint density at radius 3 is 3.06 bits per heavy atom. The molecule has 1 aliphatic heterocycles. The number of Topliss-reactive ketones (excluding diaryl/α,β-unsaturated/α-hetero) is 1. The first kappa shape index (κ1) is 12.3. The zero-order valence-corrected chi connectivity index (χ0v) is 10.5. The lowest BCUT2D eigenvalue weighted by atomic mass is 9.85. The molecule has 0 radical (unpaired) electrons. The number of pyridine rings is 1. The second-order valence-corrected chi connectivity index (χ2v) is 4.82.